The number of aromatic nitrogens is 1. The number of methoxy groups -OCH3 is 1. The minimum absolute atomic E-state index is 0.206. The van der Waals surface area contributed by atoms with E-state index in [9.17, 15) is 5.11 Å². The molecular formula is C26H29ClN2O2. The summed E-state index contributed by atoms with van der Waals surface area (Å²) in [7, 11) is 1.69. The Bertz CT molecular complexity index is 1060. The van der Waals surface area contributed by atoms with Crippen molar-refractivity contribution in [2.24, 2.45) is 0 Å². The van der Waals surface area contributed by atoms with Crippen LogP contribution in [0.25, 0.3) is 16.9 Å². The fourth-order valence-corrected chi connectivity index (χ4v) is 5.46. The van der Waals surface area contributed by atoms with Crippen molar-refractivity contribution in [1.82, 2.24) is 9.47 Å². The Balaban J connectivity index is 1.58. The van der Waals surface area contributed by atoms with Crippen LogP contribution in [0.15, 0.2) is 54.6 Å². The summed E-state index contributed by atoms with van der Waals surface area (Å²) in [6.07, 6.45) is 5.10. The molecule has 2 heterocycles. The molecule has 0 saturated heterocycles. The SMILES string of the molecule is COc1ccc(-c2cc3c(n2-c2ccccc2Cl)CCN([C@H]2CCCC[C@@H]2O)C3)cc1. The molecule has 1 aromatic heterocycles. The molecule has 4 nitrogen and oxygen atoms in total. The van der Waals surface area contributed by atoms with Gasteiger partial charge < -0.3 is 14.4 Å². The van der Waals surface area contributed by atoms with E-state index < -0.39 is 0 Å². The second-order valence-electron chi connectivity index (χ2n) is 8.66. The van der Waals surface area contributed by atoms with Crippen LogP contribution in [0.5, 0.6) is 5.75 Å². The normalized spacial score (nSPS) is 21.6. The number of halogens is 1. The Hall–Kier alpha value is -2.27. The quantitative estimate of drug-likeness (QED) is 0.589. The molecule has 31 heavy (non-hydrogen) atoms. The first-order chi connectivity index (χ1) is 15.2. The Morgan fingerprint density at radius 1 is 1.03 bits per heavy atom. The molecular weight excluding hydrogens is 408 g/mol. The maximum absolute atomic E-state index is 10.6. The lowest BCUT2D eigenvalue weighted by molar-refractivity contribution is 0.0130. The van der Waals surface area contributed by atoms with Gasteiger partial charge in [0.15, 0.2) is 0 Å². The first kappa shape index (κ1) is 20.6. The lowest BCUT2D eigenvalue weighted by atomic mass is 9.90. The first-order valence-corrected chi connectivity index (χ1v) is 11.6. The van der Waals surface area contributed by atoms with Crippen LogP contribution in [0.1, 0.15) is 36.9 Å². The zero-order valence-electron chi connectivity index (χ0n) is 17.9. The average Bonchev–Trinajstić information content (AvgIpc) is 3.18. The molecule has 0 amide bonds. The standard InChI is InChI=1S/C26H29ClN2O2/c1-31-20-12-10-18(11-13-20)25-16-19-17-28(24-8-4-5-9-26(24)30)15-14-22(19)29(25)23-7-3-2-6-21(23)27/h2-3,6-7,10-13,16,24,26,30H,4-5,8-9,14-15,17H2,1H3/t24-,26-/m0/s1. The summed E-state index contributed by atoms with van der Waals surface area (Å²) >= 11 is 6.65. The molecule has 0 bridgehead atoms. The Kier molecular flexibility index (Phi) is 5.79. The lowest BCUT2D eigenvalue weighted by Gasteiger charge is -2.39. The summed E-state index contributed by atoms with van der Waals surface area (Å²) in [6, 6.07) is 18.9. The maximum Gasteiger partial charge on any atom is 0.118 e. The minimum Gasteiger partial charge on any atom is -0.497 e. The van der Waals surface area contributed by atoms with Crippen molar-refractivity contribution in [3.8, 4) is 22.7 Å². The van der Waals surface area contributed by atoms with Crippen molar-refractivity contribution in [2.45, 2.75) is 50.8 Å². The van der Waals surface area contributed by atoms with Gasteiger partial charge in [0.05, 0.1) is 29.6 Å². The van der Waals surface area contributed by atoms with Crippen LogP contribution in [-0.4, -0.2) is 40.4 Å². The monoisotopic (exact) mass is 436 g/mol. The van der Waals surface area contributed by atoms with E-state index in [1.807, 2.05) is 30.3 Å². The van der Waals surface area contributed by atoms with Gasteiger partial charge in [-0.05, 0) is 66.4 Å². The number of aliphatic hydroxyl groups is 1. The zero-order chi connectivity index (χ0) is 21.4. The molecule has 0 unspecified atom stereocenters. The molecule has 2 aromatic carbocycles. The molecule has 5 heteroatoms. The maximum atomic E-state index is 10.6. The van der Waals surface area contributed by atoms with E-state index in [-0.39, 0.29) is 12.1 Å². The van der Waals surface area contributed by atoms with Gasteiger partial charge in [-0.15, -0.1) is 0 Å². The molecule has 1 saturated carbocycles. The number of ether oxygens (including phenoxy) is 1. The fourth-order valence-electron chi connectivity index (χ4n) is 5.24. The third-order valence-corrected chi connectivity index (χ3v) is 7.16. The fraction of sp³-hybridized carbons (Fsp3) is 0.385. The number of para-hydroxylation sites is 1. The predicted octanol–water partition coefficient (Wildman–Crippen LogP) is 5.47. The van der Waals surface area contributed by atoms with Crippen molar-refractivity contribution in [3.63, 3.8) is 0 Å². The zero-order valence-corrected chi connectivity index (χ0v) is 18.7. The second kappa shape index (κ2) is 8.70. The van der Waals surface area contributed by atoms with E-state index in [0.717, 1.165) is 66.5 Å². The van der Waals surface area contributed by atoms with E-state index >= 15 is 0 Å². The van der Waals surface area contributed by atoms with E-state index in [2.05, 4.69) is 33.7 Å². The molecule has 1 fully saturated rings. The molecule has 3 aromatic rings. The number of nitrogens with zero attached hydrogens (tertiary/aromatic N) is 2. The number of benzene rings is 2. The van der Waals surface area contributed by atoms with Crippen LogP contribution in [0, 0.1) is 0 Å². The van der Waals surface area contributed by atoms with Gasteiger partial charge in [-0.3, -0.25) is 4.90 Å². The topological polar surface area (TPSA) is 37.6 Å². The summed E-state index contributed by atoms with van der Waals surface area (Å²) in [6.45, 7) is 1.84. The van der Waals surface area contributed by atoms with Gasteiger partial charge in [0.2, 0.25) is 0 Å². The summed E-state index contributed by atoms with van der Waals surface area (Å²) in [5, 5.41) is 11.3. The number of fused-ring (bicyclic) bond motifs is 1. The Morgan fingerprint density at radius 3 is 2.55 bits per heavy atom. The van der Waals surface area contributed by atoms with Crippen LogP contribution in [0.3, 0.4) is 0 Å². The minimum atomic E-state index is -0.206. The summed E-state index contributed by atoms with van der Waals surface area (Å²) in [5.74, 6) is 0.849. The second-order valence-corrected chi connectivity index (χ2v) is 9.06. The molecule has 1 aliphatic carbocycles. The van der Waals surface area contributed by atoms with E-state index in [4.69, 9.17) is 16.3 Å². The van der Waals surface area contributed by atoms with Crippen molar-refractivity contribution < 1.29 is 9.84 Å². The highest BCUT2D eigenvalue weighted by Crippen LogP contribution is 2.37. The highest BCUT2D eigenvalue weighted by atomic mass is 35.5. The number of hydrogen-bond donors (Lipinski definition) is 1. The van der Waals surface area contributed by atoms with Gasteiger partial charge in [-0.25, -0.2) is 0 Å². The molecule has 162 valence electrons. The van der Waals surface area contributed by atoms with Crippen LogP contribution in [0.2, 0.25) is 5.02 Å². The van der Waals surface area contributed by atoms with Crippen LogP contribution in [-0.2, 0) is 13.0 Å². The van der Waals surface area contributed by atoms with E-state index in [0.29, 0.717) is 0 Å². The van der Waals surface area contributed by atoms with Crippen molar-refractivity contribution in [3.05, 3.63) is 70.9 Å². The number of rotatable bonds is 4. The van der Waals surface area contributed by atoms with Crippen LogP contribution >= 0.6 is 11.6 Å². The molecule has 2 atom stereocenters. The molecule has 1 aliphatic heterocycles. The summed E-state index contributed by atoms with van der Waals surface area (Å²) < 4.78 is 7.68. The number of aliphatic hydroxyl groups excluding tert-OH is 1. The Labute approximate surface area is 189 Å². The van der Waals surface area contributed by atoms with Crippen molar-refractivity contribution in [1.29, 1.82) is 0 Å². The molecule has 0 spiro atoms. The van der Waals surface area contributed by atoms with Crippen LogP contribution in [0.4, 0.5) is 0 Å². The number of hydrogen-bond acceptors (Lipinski definition) is 3. The van der Waals surface area contributed by atoms with Crippen LogP contribution < -0.4 is 4.74 Å². The van der Waals surface area contributed by atoms with Crippen molar-refractivity contribution >= 4 is 11.6 Å². The van der Waals surface area contributed by atoms with E-state index in [1.54, 1.807) is 7.11 Å². The first-order valence-electron chi connectivity index (χ1n) is 11.2. The third kappa shape index (κ3) is 3.89. The van der Waals surface area contributed by atoms with Gasteiger partial charge >= 0.3 is 0 Å². The highest BCUT2D eigenvalue weighted by Gasteiger charge is 2.33. The Morgan fingerprint density at radius 2 is 1.81 bits per heavy atom. The molecule has 5 rings (SSSR count). The highest BCUT2D eigenvalue weighted by molar-refractivity contribution is 6.32. The summed E-state index contributed by atoms with van der Waals surface area (Å²) in [4.78, 5) is 2.49. The predicted molar refractivity (Wildman–Crippen MR) is 125 cm³/mol. The van der Waals surface area contributed by atoms with Gasteiger partial charge in [0.1, 0.15) is 5.75 Å². The van der Waals surface area contributed by atoms with Crippen molar-refractivity contribution in [2.75, 3.05) is 13.7 Å². The van der Waals surface area contributed by atoms with E-state index in [1.165, 1.54) is 17.7 Å². The van der Waals surface area contributed by atoms with Gasteiger partial charge in [-0.2, -0.15) is 0 Å². The molecule has 2 aliphatic rings. The molecule has 1 N–H and O–H groups in total. The smallest absolute Gasteiger partial charge is 0.118 e. The summed E-state index contributed by atoms with van der Waals surface area (Å²) in [5.41, 5.74) is 5.95. The van der Waals surface area contributed by atoms with Gasteiger partial charge in [0, 0.05) is 31.2 Å². The third-order valence-electron chi connectivity index (χ3n) is 6.84. The lowest BCUT2D eigenvalue weighted by Crippen LogP contribution is -2.47. The molecule has 0 radical (unpaired) electrons. The van der Waals surface area contributed by atoms with Gasteiger partial charge in [0.25, 0.3) is 0 Å². The average molecular weight is 437 g/mol. The van der Waals surface area contributed by atoms with Gasteiger partial charge in [-0.1, -0.05) is 36.6 Å². The largest absolute Gasteiger partial charge is 0.497 e.